The van der Waals surface area contributed by atoms with Gasteiger partial charge >= 0.3 is 11.7 Å². The van der Waals surface area contributed by atoms with E-state index < -0.39 is 0 Å². The second-order valence-corrected chi connectivity index (χ2v) is 6.81. The van der Waals surface area contributed by atoms with Crippen molar-refractivity contribution in [1.29, 1.82) is 0 Å². The van der Waals surface area contributed by atoms with E-state index in [1.807, 2.05) is 24.3 Å². The lowest BCUT2D eigenvalue weighted by Gasteiger charge is -2.08. The molecule has 1 aromatic carbocycles. The van der Waals surface area contributed by atoms with Crippen LogP contribution in [0.15, 0.2) is 29.1 Å². The number of carbonyl (C=O) groups excluding carboxylic acids is 1. The predicted molar refractivity (Wildman–Crippen MR) is 113 cm³/mol. The van der Waals surface area contributed by atoms with E-state index in [9.17, 15) is 9.59 Å². The molecule has 3 rings (SSSR count). The maximum atomic E-state index is 12.4. The van der Waals surface area contributed by atoms with Crippen molar-refractivity contribution < 1.29 is 14.3 Å². The van der Waals surface area contributed by atoms with Crippen molar-refractivity contribution in [3.05, 3.63) is 45.9 Å². The summed E-state index contributed by atoms with van der Waals surface area (Å²) in [7, 11) is 2.98. The largest absolute Gasteiger partial charge is 0.469 e. The molecule has 160 valence electrons. The minimum absolute atomic E-state index is 0.214. The van der Waals surface area contributed by atoms with E-state index in [2.05, 4.69) is 20.3 Å². The summed E-state index contributed by atoms with van der Waals surface area (Å²) >= 11 is 0. The zero-order valence-electron chi connectivity index (χ0n) is 17.1. The molecule has 4 N–H and O–H groups in total. The lowest BCUT2D eigenvalue weighted by molar-refractivity contribution is -0.139. The van der Waals surface area contributed by atoms with E-state index in [4.69, 9.17) is 15.2 Å². The molecule has 0 saturated carbocycles. The fourth-order valence-corrected chi connectivity index (χ4v) is 3.18. The van der Waals surface area contributed by atoms with Gasteiger partial charge in [0, 0.05) is 20.2 Å². The number of aryl methyl sites for hydroxylation is 2. The predicted octanol–water partition coefficient (Wildman–Crippen LogP) is 1.11. The number of aromatic nitrogens is 4. The van der Waals surface area contributed by atoms with Crippen molar-refractivity contribution in [2.45, 2.75) is 25.8 Å². The highest BCUT2D eigenvalue weighted by Gasteiger charge is 2.14. The first kappa shape index (κ1) is 21.3. The number of benzene rings is 1. The molecular formula is C20H26N6O4. The standard InChI is InChI=1S/C20H26N6O4/c1-29-10-8-22-19-24-17(21)16-18(25-19)26(20(28)23-16)9-4-7-13-5-3-6-14(11-13)12-15(27)30-2/h3,5-6,11H,4,7-10,12H2,1-2H3,(H,23,28)(H3,21,22,24,25). The van der Waals surface area contributed by atoms with Crippen LogP contribution in [0.3, 0.4) is 0 Å². The van der Waals surface area contributed by atoms with Gasteiger partial charge in [0.15, 0.2) is 11.5 Å². The number of nitrogens with zero attached hydrogens (tertiary/aromatic N) is 3. The van der Waals surface area contributed by atoms with Gasteiger partial charge in [-0.1, -0.05) is 24.3 Å². The first-order valence-corrected chi connectivity index (χ1v) is 9.65. The molecule has 0 amide bonds. The number of nitrogens with one attached hydrogen (secondary N) is 2. The van der Waals surface area contributed by atoms with Crippen LogP contribution in [0.4, 0.5) is 11.8 Å². The highest BCUT2D eigenvalue weighted by atomic mass is 16.5. The Balaban J connectivity index is 1.71. The summed E-state index contributed by atoms with van der Waals surface area (Å²) in [6, 6.07) is 7.78. The molecular weight excluding hydrogens is 388 g/mol. The molecule has 10 heteroatoms. The van der Waals surface area contributed by atoms with Gasteiger partial charge in [0.05, 0.1) is 20.1 Å². The van der Waals surface area contributed by atoms with Crippen LogP contribution in [0.2, 0.25) is 0 Å². The maximum Gasteiger partial charge on any atom is 0.327 e. The molecule has 0 aliphatic heterocycles. The Kier molecular flexibility index (Phi) is 7.02. The topological polar surface area (TPSA) is 137 Å². The fraction of sp³-hybridized carbons (Fsp3) is 0.400. The number of aromatic amines is 1. The monoisotopic (exact) mass is 414 g/mol. The number of hydrogen-bond acceptors (Lipinski definition) is 8. The van der Waals surface area contributed by atoms with E-state index >= 15 is 0 Å². The van der Waals surface area contributed by atoms with Gasteiger partial charge in [-0.05, 0) is 24.0 Å². The Morgan fingerprint density at radius 1 is 1.27 bits per heavy atom. The molecule has 0 unspecified atom stereocenters. The van der Waals surface area contributed by atoms with Gasteiger partial charge in [0.1, 0.15) is 5.52 Å². The Morgan fingerprint density at radius 2 is 2.07 bits per heavy atom. The quantitative estimate of drug-likeness (QED) is 0.331. The average Bonchev–Trinajstić information content (AvgIpc) is 3.04. The number of rotatable bonds is 10. The zero-order valence-corrected chi connectivity index (χ0v) is 17.1. The Morgan fingerprint density at radius 3 is 2.83 bits per heavy atom. The molecule has 0 spiro atoms. The first-order chi connectivity index (χ1) is 14.5. The Hall–Kier alpha value is -3.40. The number of nitrogens with two attached hydrogens (primary N) is 1. The van der Waals surface area contributed by atoms with Gasteiger partial charge < -0.3 is 25.5 Å². The number of carbonyl (C=O) groups is 1. The molecule has 0 aliphatic rings. The van der Waals surface area contributed by atoms with Crippen LogP contribution in [0, 0.1) is 0 Å². The SMILES string of the molecule is COCCNc1nc(N)c2[nH]c(=O)n(CCCc3cccc(CC(=O)OC)c3)c2n1. The number of methoxy groups -OCH3 is 2. The minimum atomic E-state index is -0.278. The van der Waals surface area contributed by atoms with Crippen LogP contribution >= 0.6 is 0 Å². The van der Waals surface area contributed by atoms with Crippen LogP contribution in [-0.4, -0.2) is 52.9 Å². The van der Waals surface area contributed by atoms with E-state index in [-0.39, 0.29) is 23.9 Å². The summed E-state index contributed by atoms with van der Waals surface area (Å²) in [5, 5.41) is 3.03. The number of hydrogen-bond donors (Lipinski definition) is 3. The van der Waals surface area contributed by atoms with Crippen molar-refractivity contribution >= 4 is 28.9 Å². The number of nitrogen functional groups attached to an aromatic ring is 1. The molecule has 30 heavy (non-hydrogen) atoms. The van der Waals surface area contributed by atoms with Gasteiger partial charge in [0.25, 0.3) is 0 Å². The molecule has 3 aromatic rings. The minimum Gasteiger partial charge on any atom is -0.469 e. The number of H-pyrrole nitrogens is 1. The van der Waals surface area contributed by atoms with E-state index in [1.165, 1.54) is 7.11 Å². The molecule has 0 aliphatic carbocycles. The lowest BCUT2D eigenvalue weighted by Crippen LogP contribution is -2.18. The maximum absolute atomic E-state index is 12.4. The molecule has 0 bridgehead atoms. The van der Waals surface area contributed by atoms with E-state index in [1.54, 1.807) is 11.7 Å². The highest BCUT2D eigenvalue weighted by Crippen LogP contribution is 2.17. The smallest absolute Gasteiger partial charge is 0.327 e. The van der Waals surface area contributed by atoms with Gasteiger partial charge in [-0.25, -0.2) is 4.79 Å². The number of imidazole rings is 1. The molecule has 0 radical (unpaired) electrons. The Labute approximate surface area is 173 Å². The number of fused-ring (bicyclic) bond motifs is 1. The van der Waals surface area contributed by atoms with Crippen LogP contribution in [-0.2, 0) is 33.7 Å². The molecule has 0 saturated heterocycles. The summed E-state index contributed by atoms with van der Waals surface area (Å²) in [6.45, 7) is 1.49. The van der Waals surface area contributed by atoms with Crippen molar-refractivity contribution in [3.63, 3.8) is 0 Å². The van der Waals surface area contributed by atoms with Gasteiger partial charge in [0.2, 0.25) is 5.95 Å². The molecule has 0 atom stereocenters. The third kappa shape index (κ3) is 5.15. The number of ether oxygens (including phenoxy) is 2. The molecule has 2 heterocycles. The van der Waals surface area contributed by atoms with E-state index in [0.29, 0.717) is 43.2 Å². The third-order valence-electron chi connectivity index (χ3n) is 4.65. The summed E-state index contributed by atoms with van der Waals surface area (Å²) in [5.74, 6) is 0.288. The number of esters is 1. The number of anilines is 2. The van der Waals surface area contributed by atoms with Crippen LogP contribution in [0.1, 0.15) is 17.5 Å². The van der Waals surface area contributed by atoms with Crippen molar-refractivity contribution in [3.8, 4) is 0 Å². The Bertz CT molecular complexity index is 1070. The molecule has 10 nitrogen and oxygen atoms in total. The summed E-state index contributed by atoms with van der Waals surface area (Å²) in [4.78, 5) is 35.2. The fourth-order valence-electron chi connectivity index (χ4n) is 3.18. The molecule has 0 fully saturated rings. The average molecular weight is 414 g/mol. The van der Waals surface area contributed by atoms with Crippen LogP contribution < -0.4 is 16.7 Å². The second-order valence-electron chi connectivity index (χ2n) is 6.81. The van der Waals surface area contributed by atoms with Crippen molar-refractivity contribution in [1.82, 2.24) is 19.5 Å². The summed E-state index contributed by atoms with van der Waals surface area (Å²) in [6.07, 6.45) is 1.69. The first-order valence-electron chi connectivity index (χ1n) is 9.65. The summed E-state index contributed by atoms with van der Waals surface area (Å²) < 4.78 is 11.3. The third-order valence-corrected chi connectivity index (χ3v) is 4.65. The van der Waals surface area contributed by atoms with Gasteiger partial charge in [-0.2, -0.15) is 9.97 Å². The van der Waals surface area contributed by atoms with Gasteiger partial charge in [-0.3, -0.25) is 9.36 Å². The summed E-state index contributed by atoms with van der Waals surface area (Å²) in [5.41, 5.74) is 8.58. The highest BCUT2D eigenvalue weighted by molar-refractivity contribution is 5.82. The molecule has 2 aromatic heterocycles. The van der Waals surface area contributed by atoms with Crippen molar-refractivity contribution in [2.75, 3.05) is 38.4 Å². The van der Waals surface area contributed by atoms with Crippen molar-refractivity contribution in [2.24, 2.45) is 0 Å². The zero-order chi connectivity index (χ0) is 21.5. The van der Waals surface area contributed by atoms with Gasteiger partial charge in [-0.15, -0.1) is 0 Å². The normalized spacial score (nSPS) is 11.0. The van der Waals surface area contributed by atoms with Crippen LogP contribution in [0.5, 0.6) is 0 Å². The van der Waals surface area contributed by atoms with Crippen LogP contribution in [0.25, 0.3) is 11.2 Å². The lowest BCUT2D eigenvalue weighted by atomic mass is 10.0. The van der Waals surface area contributed by atoms with E-state index in [0.717, 1.165) is 17.5 Å². The second kappa shape index (κ2) is 9.88.